The fraction of sp³-hybridized carbons (Fsp3) is 0.286. The molecule has 8 heteroatoms. The van der Waals surface area contributed by atoms with Crippen molar-refractivity contribution in [1.29, 1.82) is 0 Å². The third-order valence-corrected chi connectivity index (χ3v) is 5.85. The van der Waals surface area contributed by atoms with Gasteiger partial charge in [0.15, 0.2) is 0 Å². The lowest BCUT2D eigenvalue weighted by molar-refractivity contribution is -0.146. The van der Waals surface area contributed by atoms with E-state index in [1.54, 1.807) is 25.1 Å². The number of nitrogens with zero attached hydrogens (tertiary/aromatic N) is 2. The van der Waals surface area contributed by atoms with Crippen molar-refractivity contribution < 1.29 is 23.1 Å². The van der Waals surface area contributed by atoms with Crippen LogP contribution in [0.4, 0.5) is 14.5 Å². The van der Waals surface area contributed by atoms with E-state index in [9.17, 15) is 18.4 Å². The molecule has 2 aromatic carbocycles. The van der Waals surface area contributed by atoms with E-state index >= 15 is 0 Å². The van der Waals surface area contributed by atoms with Crippen molar-refractivity contribution in [3.63, 3.8) is 0 Å². The van der Waals surface area contributed by atoms with Gasteiger partial charge >= 0.3 is 5.97 Å². The zero-order valence-electron chi connectivity index (χ0n) is 15.7. The summed E-state index contributed by atoms with van der Waals surface area (Å²) < 4.78 is 33.5. The predicted molar refractivity (Wildman–Crippen MR) is 106 cm³/mol. The van der Waals surface area contributed by atoms with Crippen LogP contribution in [0.25, 0.3) is 10.2 Å². The van der Waals surface area contributed by atoms with Crippen molar-refractivity contribution >= 4 is 39.1 Å². The fourth-order valence-corrected chi connectivity index (χ4v) is 4.53. The minimum atomic E-state index is -0.599. The number of carbonyl (C=O) groups is 2. The Bertz CT molecular complexity index is 1100. The smallest absolute Gasteiger partial charge is 0.306 e. The number of amides is 1. The van der Waals surface area contributed by atoms with Gasteiger partial charge in [-0.15, -0.1) is 11.3 Å². The molecule has 5 nitrogen and oxygen atoms in total. The lowest BCUT2D eigenvalue weighted by Gasteiger charge is -2.33. The first-order chi connectivity index (χ1) is 14.0. The monoisotopic (exact) mass is 416 g/mol. The van der Waals surface area contributed by atoms with E-state index in [1.807, 2.05) is 0 Å². The number of hydrogen-bond acceptors (Lipinski definition) is 5. The van der Waals surface area contributed by atoms with Gasteiger partial charge in [0.2, 0.25) is 5.91 Å². The molecule has 1 amide bonds. The number of esters is 1. The molecule has 0 spiro atoms. The Balaban J connectivity index is 1.68. The largest absolute Gasteiger partial charge is 0.466 e. The minimum absolute atomic E-state index is 0.0472. The van der Waals surface area contributed by atoms with Crippen molar-refractivity contribution in [2.45, 2.75) is 26.3 Å². The lowest BCUT2D eigenvalue weighted by atomic mass is 9.89. The van der Waals surface area contributed by atoms with Crippen LogP contribution in [0, 0.1) is 17.6 Å². The molecule has 1 unspecified atom stereocenters. The standard InChI is InChI=1S/C21H18F2N2O3S/c1-2-28-19(26)9-13-8-12-6-7-14(22)10-16(12)25(21(13)27)11-18-24-20-15(23)4-3-5-17(20)29-18/h3-7,10,13H,2,8-9,11H2,1H3. The molecule has 1 aliphatic heterocycles. The van der Waals surface area contributed by atoms with E-state index in [1.165, 1.54) is 34.4 Å². The molecule has 0 radical (unpaired) electrons. The van der Waals surface area contributed by atoms with Gasteiger partial charge in [0.05, 0.1) is 35.9 Å². The number of benzene rings is 2. The summed E-state index contributed by atoms with van der Waals surface area (Å²) >= 11 is 1.28. The maximum Gasteiger partial charge on any atom is 0.306 e. The summed E-state index contributed by atoms with van der Waals surface area (Å²) in [7, 11) is 0. The molecule has 0 aliphatic carbocycles. The number of para-hydroxylation sites is 1. The van der Waals surface area contributed by atoms with Gasteiger partial charge in [-0.3, -0.25) is 9.59 Å². The fourth-order valence-electron chi connectivity index (χ4n) is 3.56. The van der Waals surface area contributed by atoms with Gasteiger partial charge in [-0.25, -0.2) is 13.8 Å². The minimum Gasteiger partial charge on any atom is -0.466 e. The van der Waals surface area contributed by atoms with Crippen molar-refractivity contribution in [2.75, 3.05) is 11.5 Å². The Kier molecular flexibility index (Phi) is 5.27. The third-order valence-electron chi connectivity index (χ3n) is 4.85. The first-order valence-corrected chi connectivity index (χ1v) is 10.1. The van der Waals surface area contributed by atoms with Crippen LogP contribution in [-0.2, 0) is 27.3 Å². The topological polar surface area (TPSA) is 59.5 Å². The Morgan fingerprint density at radius 1 is 1.31 bits per heavy atom. The van der Waals surface area contributed by atoms with Gasteiger partial charge in [0.25, 0.3) is 0 Å². The van der Waals surface area contributed by atoms with Crippen molar-refractivity contribution in [3.8, 4) is 0 Å². The third kappa shape index (κ3) is 3.85. The Morgan fingerprint density at radius 3 is 2.90 bits per heavy atom. The summed E-state index contributed by atoms with van der Waals surface area (Å²) in [5.74, 6) is -2.23. The van der Waals surface area contributed by atoms with E-state index in [-0.39, 0.29) is 31.0 Å². The number of halogens is 2. The number of anilines is 1. The van der Waals surface area contributed by atoms with Crippen LogP contribution in [0.5, 0.6) is 0 Å². The Labute approximate surface area is 169 Å². The second kappa shape index (κ2) is 7.87. The Morgan fingerprint density at radius 2 is 2.14 bits per heavy atom. The number of aromatic nitrogens is 1. The number of hydrogen-bond donors (Lipinski definition) is 0. The summed E-state index contributed by atoms with van der Waals surface area (Å²) in [6.07, 6.45) is 0.284. The van der Waals surface area contributed by atoms with Gasteiger partial charge in [0, 0.05) is 0 Å². The molecule has 0 saturated carbocycles. The highest BCUT2D eigenvalue weighted by Crippen LogP contribution is 2.35. The second-order valence-corrected chi connectivity index (χ2v) is 7.92. The molecule has 3 aromatic rings. The number of carbonyl (C=O) groups excluding carboxylic acids is 2. The highest BCUT2D eigenvalue weighted by atomic mass is 32.1. The summed E-state index contributed by atoms with van der Waals surface area (Å²) in [6, 6.07) is 8.96. The normalized spacial score (nSPS) is 16.2. The van der Waals surface area contributed by atoms with Gasteiger partial charge < -0.3 is 9.64 Å². The first-order valence-electron chi connectivity index (χ1n) is 9.25. The van der Waals surface area contributed by atoms with Gasteiger partial charge in [0.1, 0.15) is 22.2 Å². The second-order valence-electron chi connectivity index (χ2n) is 6.80. The van der Waals surface area contributed by atoms with Gasteiger partial charge in [-0.1, -0.05) is 12.1 Å². The van der Waals surface area contributed by atoms with Crippen LogP contribution in [-0.4, -0.2) is 23.5 Å². The lowest BCUT2D eigenvalue weighted by Crippen LogP contribution is -2.42. The molecular weight excluding hydrogens is 398 g/mol. The van der Waals surface area contributed by atoms with E-state index < -0.39 is 23.5 Å². The highest BCUT2D eigenvalue weighted by molar-refractivity contribution is 7.18. The molecule has 29 heavy (non-hydrogen) atoms. The SMILES string of the molecule is CCOC(=O)CC1Cc2ccc(F)cc2N(Cc2nc3c(F)cccc3s2)C1=O. The number of rotatable bonds is 5. The van der Waals surface area contributed by atoms with E-state index in [2.05, 4.69) is 4.98 Å². The van der Waals surface area contributed by atoms with Crippen molar-refractivity contribution in [2.24, 2.45) is 5.92 Å². The van der Waals surface area contributed by atoms with Crippen LogP contribution in [0.1, 0.15) is 23.9 Å². The first kappa shape index (κ1) is 19.4. The predicted octanol–water partition coefficient (Wildman–Crippen LogP) is 4.23. The summed E-state index contributed by atoms with van der Waals surface area (Å²) in [4.78, 5) is 30.8. The van der Waals surface area contributed by atoms with Crippen LogP contribution in [0.3, 0.4) is 0 Å². The summed E-state index contributed by atoms with van der Waals surface area (Å²) in [5, 5.41) is 0.533. The molecule has 2 heterocycles. The van der Waals surface area contributed by atoms with E-state index in [0.29, 0.717) is 21.8 Å². The van der Waals surface area contributed by atoms with Crippen LogP contribution < -0.4 is 4.90 Å². The number of fused-ring (bicyclic) bond motifs is 2. The van der Waals surface area contributed by atoms with E-state index in [0.717, 1.165) is 5.56 Å². The number of thiazole rings is 1. The molecule has 0 saturated heterocycles. The molecule has 1 aromatic heterocycles. The molecule has 0 fully saturated rings. The summed E-state index contributed by atoms with van der Waals surface area (Å²) in [6.45, 7) is 2.02. The molecule has 1 atom stereocenters. The van der Waals surface area contributed by atoms with E-state index in [4.69, 9.17) is 4.74 Å². The Hall–Kier alpha value is -2.87. The van der Waals surface area contributed by atoms with Crippen LogP contribution >= 0.6 is 11.3 Å². The van der Waals surface area contributed by atoms with Crippen molar-refractivity contribution in [1.82, 2.24) is 4.98 Å². The van der Waals surface area contributed by atoms with Crippen LogP contribution in [0.2, 0.25) is 0 Å². The highest BCUT2D eigenvalue weighted by Gasteiger charge is 2.35. The van der Waals surface area contributed by atoms with Gasteiger partial charge in [-0.05, 0) is 43.2 Å². The van der Waals surface area contributed by atoms with Crippen molar-refractivity contribution in [3.05, 3.63) is 58.6 Å². The maximum atomic E-state index is 14.0. The molecule has 1 aliphatic rings. The molecule has 150 valence electrons. The molecular formula is C21H18F2N2O3S. The average molecular weight is 416 g/mol. The maximum absolute atomic E-state index is 14.0. The molecule has 0 bridgehead atoms. The zero-order valence-corrected chi connectivity index (χ0v) is 16.5. The summed E-state index contributed by atoms with van der Waals surface area (Å²) in [5.41, 5.74) is 1.47. The molecule has 0 N–H and O–H groups in total. The number of ether oxygens (including phenoxy) is 1. The van der Waals surface area contributed by atoms with Gasteiger partial charge in [-0.2, -0.15) is 0 Å². The van der Waals surface area contributed by atoms with Crippen LogP contribution in [0.15, 0.2) is 36.4 Å². The average Bonchev–Trinajstić information content (AvgIpc) is 3.10. The molecule has 4 rings (SSSR count). The zero-order chi connectivity index (χ0) is 20.5. The quantitative estimate of drug-likeness (QED) is 0.584.